The summed E-state index contributed by atoms with van der Waals surface area (Å²) in [7, 11) is 0. The maximum Gasteiger partial charge on any atom is 0.100 e. The number of rotatable bonds is 4. The van der Waals surface area contributed by atoms with Crippen LogP contribution in [-0.2, 0) is 6.42 Å². The van der Waals surface area contributed by atoms with Gasteiger partial charge in [0.2, 0.25) is 0 Å². The number of benzene rings is 2. The van der Waals surface area contributed by atoms with Gasteiger partial charge in [-0.3, -0.25) is 0 Å². The molecule has 0 spiro atoms. The molecule has 19 heavy (non-hydrogen) atoms. The van der Waals surface area contributed by atoms with Crippen LogP contribution in [-0.4, -0.2) is 0 Å². The van der Waals surface area contributed by atoms with Crippen LogP contribution in [0.5, 0.6) is 0 Å². The van der Waals surface area contributed by atoms with Gasteiger partial charge in [-0.05, 0) is 24.5 Å². The van der Waals surface area contributed by atoms with Crippen LogP contribution >= 0.6 is 0 Å². The zero-order chi connectivity index (χ0) is 13.7. The molecule has 94 valence electrons. The minimum absolute atomic E-state index is 0.668. The van der Waals surface area contributed by atoms with E-state index >= 15 is 0 Å². The van der Waals surface area contributed by atoms with E-state index < -0.39 is 0 Å². The van der Waals surface area contributed by atoms with E-state index in [9.17, 15) is 10.5 Å². The molecule has 0 fully saturated rings. The average Bonchev–Trinajstić information content (AvgIpc) is 2.46. The number of nitrogens with zero attached hydrogens (tertiary/aromatic N) is 2. The summed E-state index contributed by atoms with van der Waals surface area (Å²) < 4.78 is 0. The second-order valence-corrected chi connectivity index (χ2v) is 4.68. The maximum atomic E-state index is 9.40. The van der Waals surface area contributed by atoms with Crippen LogP contribution in [0, 0.1) is 22.7 Å². The second-order valence-electron chi connectivity index (χ2n) is 4.68. The van der Waals surface area contributed by atoms with E-state index in [2.05, 4.69) is 19.1 Å². The summed E-state index contributed by atoms with van der Waals surface area (Å²) >= 11 is 0. The minimum Gasteiger partial charge on any atom is -0.192 e. The zero-order valence-electron chi connectivity index (χ0n) is 11.1. The molecule has 0 saturated heterocycles. The SMILES string of the molecule is CCCCCc1cc(C#N)c2ccccc2c1C#N. The van der Waals surface area contributed by atoms with Gasteiger partial charge in [0.05, 0.1) is 17.2 Å². The van der Waals surface area contributed by atoms with Crippen molar-refractivity contribution in [2.45, 2.75) is 32.6 Å². The van der Waals surface area contributed by atoms with Gasteiger partial charge in [-0.1, -0.05) is 44.0 Å². The van der Waals surface area contributed by atoms with Crippen LogP contribution < -0.4 is 0 Å². The fourth-order valence-corrected chi connectivity index (χ4v) is 2.42. The highest BCUT2D eigenvalue weighted by Crippen LogP contribution is 2.26. The van der Waals surface area contributed by atoms with Crippen molar-refractivity contribution < 1.29 is 0 Å². The molecule has 0 N–H and O–H groups in total. The normalized spacial score (nSPS) is 10.1. The van der Waals surface area contributed by atoms with Crippen LogP contribution in [0.3, 0.4) is 0 Å². The molecule has 2 nitrogen and oxygen atoms in total. The lowest BCUT2D eigenvalue weighted by Gasteiger charge is -2.09. The van der Waals surface area contributed by atoms with Crippen LogP contribution in [0.25, 0.3) is 10.8 Å². The van der Waals surface area contributed by atoms with Crippen molar-refractivity contribution in [1.29, 1.82) is 10.5 Å². The Balaban J connectivity index is 2.58. The van der Waals surface area contributed by atoms with E-state index in [0.717, 1.165) is 47.6 Å². The van der Waals surface area contributed by atoms with E-state index in [-0.39, 0.29) is 0 Å². The molecule has 0 bridgehead atoms. The third-order valence-electron chi connectivity index (χ3n) is 3.41. The first kappa shape index (κ1) is 13.1. The summed E-state index contributed by atoms with van der Waals surface area (Å²) in [5.41, 5.74) is 2.40. The monoisotopic (exact) mass is 248 g/mol. The van der Waals surface area contributed by atoms with Gasteiger partial charge in [0.15, 0.2) is 0 Å². The lowest BCUT2D eigenvalue weighted by molar-refractivity contribution is 0.717. The Kier molecular flexibility index (Phi) is 4.16. The van der Waals surface area contributed by atoms with E-state index in [0.29, 0.717) is 5.56 Å². The summed E-state index contributed by atoms with van der Waals surface area (Å²) in [5.74, 6) is 0. The molecule has 2 rings (SSSR count). The standard InChI is InChI=1S/C17H16N2/c1-2-3-4-7-13-10-14(11-18)15-8-5-6-9-16(15)17(13)12-19/h5-6,8-10H,2-4,7H2,1H3. The van der Waals surface area contributed by atoms with E-state index in [1.54, 1.807) is 0 Å². The van der Waals surface area contributed by atoms with E-state index in [1.165, 1.54) is 0 Å². The average molecular weight is 248 g/mol. The fraction of sp³-hybridized carbons (Fsp3) is 0.294. The summed E-state index contributed by atoms with van der Waals surface area (Å²) in [6.45, 7) is 2.16. The predicted molar refractivity (Wildman–Crippen MR) is 76.6 cm³/mol. The second kappa shape index (κ2) is 6.03. The van der Waals surface area contributed by atoms with Gasteiger partial charge in [0.25, 0.3) is 0 Å². The molecule has 0 aliphatic heterocycles. The van der Waals surface area contributed by atoms with Gasteiger partial charge < -0.3 is 0 Å². The lowest BCUT2D eigenvalue weighted by Crippen LogP contribution is -1.95. The topological polar surface area (TPSA) is 47.6 Å². The van der Waals surface area contributed by atoms with Crippen LogP contribution in [0.15, 0.2) is 30.3 Å². The van der Waals surface area contributed by atoms with Gasteiger partial charge in [-0.2, -0.15) is 10.5 Å². The molecule has 0 unspecified atom stereocenters. The van der Waals surface area contributed by atoms with Gasteiger partial charge >= 0.3 is 0 Å². The molecule has 2 heteroatoms. The number of fused-ring (bicyclic) bond motifs is 1. The molecular formula is C17H16N2. The highest BCUT2D eigenvalue weighted by molar-refractivity contribution is 5.93. The molecule has 0 aliphatic rings. The number of aryl methyl sites for hydroxylation is 1. The Bertz CT molecular complexity index is 672. The van der Waals surface area contributed by atoms with Crippen LogP contribution in [0.1, 0.15) is 42.9 Å². The van der Waals surface area contributed by atoms with Gasteiger partial charge in [0.1, 0.15) is 6.07 Å². The molecule has 2 aromatic rings. The molecule has 0 amide bonds. The van der Waals surface area contributed by atoms with Crippen molar-refractivity contribution in [3.8, 4) is 12.1 Å². The smallest absolute Gasteiger partial charge is 0.100 e. The molecule has 0 atom stereocenters. The van der Waals surface area contributed by atoms with Crippen molar-refractivity contribution in [2.75, 3.05) is 0 Å². The summed E-state index contributed by atoms with van der Waals surface area (Å²) in [6, 6.07) is 14.1. The third kappa shape index (κ3) is 2.59. The van der Waals surface area contributed by atoms with Gasteiger partial charge in [-0.25, -0.2) is 0 Å². The van der Waals surface area contributed by atoms with E-state index in [4.69, 9.17) is 0 Å². The Morgan fingerprint density at radius 1 is 1.00 bits per heavy atom. The Hall–Kier alpha value is -2.32. The lowest BCUT2D eigenvalue weighted by atomic mass is 9.93. The quantitative estimate of drug-likeness (QED) is 0.757. The van der Waals surface area contributed by atoms with Gasteiger partial charge in [0, 0.05) is 10.8 Å². The van der Waals surface area contributed by atoms with Crippen molar-refractivity contribution in [3.63, 3.8) is 0 Å². The molecule has 0 saturated carbocycles. The number of hydrogen-bond acceptors (Lipinski definition) is 2. The first-order valence-electron chi connectivity index (χ1n) is 6.66. The first-order valence-corrected chi connectivity index (χ1v) is 6.66. The first-order chi connectivity index (χ1) is 9.31. The third-order valence-corrected chi connectivity index (χ3v) is 3.41. The Morgan fingerprint density at radius 3 is 2.37 bits per heavy atom. The van der Waals surface area contributed by atoms with Gasteiger partial charge in [-0.15, -0.1) is 0 Å². The molecule has 0 aromatic heterocycles. The molecule has 2 aromatic carbocycles. The highest BCUT2D eigenvalue weighted by Gasteiger charge is 2.11. The number of hydrogen-bond donors (Lipinski definition) is 0. The van der Waals surface area contributed by atoms with Crippen molar-refractivity contribution in [3.05, 3.63) is 47.0 Å². The van der Waals surface area contributed by atoms with E-state index in [1.807, 2.05) is 30.3 Å². The Morgan fingerprint density at radius 2 is 1.74 bits per heavy atom. The summed E-state index contributed by atoms with van der Waals surface area (Å²) in [5, 5.41) is 20.4. The van der Waals surface area contributed by atoms with Crippen LogP contribution in [0.2, 0.25) is 0 Å². The van der Waals surface area contributed by atoms with Crippen LogP contribution in [0.4, 0.5) is 0 Å². The summed E-state index contributed by atoms with van der Waals surface area (Å²) in [4.78, 5) is 0. The summed E-state index contributed by atoms with van der Waals surface area (Å²) in [6.07, 6.45) is 4.24. The number of nitriles is 2. The predicted octanol–water partition coefficient (Wildman–Crippen LogP) is 4.32. The molecule has 0 radical (unpaired) electrons. The minimum atomic E-state index is 0.668. The molecule has 0 heterocycles. The highest BCUT2D eigenvalue weighted by atomic mass is 14.3. The Labute approximate surface area is 113 Å². The van der Waals surface area contributed by atoms with Crippen molar-refractivity contribution in [1.82, 2.24) is 0 Å². The maximum absolute atomic E-state index is 9.40. The molecular weight excluding hydrogens is 232 g/mol. The fourth-order valence-electron chi connectivity index (χ4n) is 2.42. The zero-order valence-corrected chi connectivity index (χ0v) is 11.1. The largest absolute Gasteiger partial charge is 0.192 e. The van der Waals surface area contributed by atoms with Crippen molar-refractivity contribution in [2.24, 2.45) is 0 Å². The van der Waals surface area contributed by atoms with Crippen molar-refractivity contribution >= 4 is 10.8 Å². The molecule has 0 aliphatic carbocycles. The number of unbranched alkanes of at least 4 members (excludes halogenated alkanes) is 2.